The lowest BCUT2D eigenvalue weighted by molar-refractivity contribution is -0.136. The van der Waals surface area contributed by atoms with E-state index in [1.54, 1.807) is 0 Å². The van der Waals surface area contributed by atoms with Crippen LogP contribution >= 0.6 is 11.8 Å². The van der Waals surface area contributed by atoms with Crippen molar-refractivity contribution in [1.82, 2.24) is 4.57 Å². The first-order chi connectivity index (χ1) is 11.2. The highest BCUT2D eigenvalue weighted by Crippen LogP contribution is 2.37. The molecule has 3 nitrogen and oxygen atoms in total. The number of carbonyl (C=O) groups is 1. The number of thioether (sulfide) groups is 1. The summed E-state index contributed by atoms with van der Waals surface area (Å²) in [5.74, 6) is -0.822. The van der Waals surface area contributed by atoms with Gasteiger partial charge in [0.1, 0.15) is 5.25 Å². The molecule has 1 unspecified atom stereocenters. The quantitative estimate of drug-likeness (QED) is 0.681. The van der Waals surface area contributed by atoms with Crippen LogP contribution in [0.1, 0.15) is 16.4 Å². The Kier molecular flexibility index (Phi) is 4.83. The van der Waals surface area contributed by atoms with Crippen LogP contribution in [0.3, 0.4) is 0 Å². The third kappa shape index (κ3) is 3.85. The maximum Gasteiger partial charge on any atom is 0.321 e. The van der Waals surface area contributed by atoms with Crippen molar-refractivity contribution >= 4 is 17.7 Å². The predicted molar refractivity (Wildman–Crippen MR) is 92.7 cm³/mol. The van der Waals surface area contributed by atoms with Gasteiger partial charge in [0.2, 0.25) is 0 Å². The summed E-state index contributed by atoms with van der Waals surface area (Å²) in [4.78, 5) is 12.7. The largest absolute Gasteiger partial charge is 0.480 e. The SMILES string of the molecule is O=C(O)C(Sc1ccccc1Cn1cccc1)c1ccccc1. The van der Waals surface area contributed by atoms with Crippen molar-refractivity contribution in [3.05, 3.63) is 90.3 Å². The van der Waals surface area contributed by atoms with Crippen LogP contribution < -0.4 is 0 Å². The minimum Gasteiger partial charge on any atom is -0.480 e. The van der Waals surface area contributed by atoms with Gasteiger partial charge in [0, 0.05) is 23.8 Å². The van der Waals surface area contributed by atoms with E-state index in [4.69, 9.17) is 0 Å². The Balaban J connectivity index is 1.87. The molecule has 1 N–H and O–H groups in total. The van der Waals surface area contributed by atoms with E-state index in [9.17, 15) is 9.90 Å². The Morgan fingerprint density at radius 2 is 1.61 bits per heavy atom. The van der Waals surface area contributed by atoms with Crippen LogP contribution in [0.15, 0.2) is 84.0 Å². The lowest BCUT2D eigenvalue weighted by Gasteiger charge is -2.15. The van der Waals surface area contributed by atoms with Gasteiger partial charge < -0.3 is 9.67 Å². The van der Waals surface area contributed by atoms with E-state index in [0.717, 1.165) is 22.6 Å². The molecule has 3 aromatic rings. The number of aromatic nitrogens is 1. The minimum absolute atomic E-state index is 0.609. The van der Waals surface area contributed by atoms with Gasteiger partial charge in [-0.2, -0.15) is 0 Å². The van der Waals surface area contributed by atoms with Crippen LogP contribution in [-0.2, 0) is 11.3 Å². The summed E-state index contributed by atoms with van der Waals surface area (Å²) in [6.45, 7) is 0.733. The van der Waals surface area contributed by atoms with Gasteiger partial charge in [-0.25, -0.2) is 0 Å². The fourth-order valence-corrected chi connectivity index (χ4v) is 3.53. The average Bonchev–Trinajstić information content (AvgIpc) is 3.07. The van der Waals surface area contributed by atoms with Crippen LogP contribution in [0.4, 0.5) is 0 Å². The molecule has 3 rings (SSSR count). The first-order valence-electron chi connectivity index (χ1n) is 7.37. The monoisotopic (exact) mass is 323 g/mol. The fraction of sp³-hybridized carbons (Fsp3) is 0.105. The zero-order valence-electron chi connectivity index (χ0n) is 12.5. The second-order valence-corrected chi connectivity index (χ2v) is 6.36. The Hall–Kier alpha value is -2.46. The van der Waals surface area contributed by atoms with Crippen molar-refractivity contribution in [3.63, 3.8) is 0 Å². The number of rotatable bonds is 6. The van der Waals surface area contributed by atoms with Crippen LogP contribution in [0.5, 0.6) is 0 Å². The summed E-state index contributed by atoms with van der Waals surface area (Å²) < 4.78 is 2.08. The number of nitrogens with zero attached hydrogens (tertiary/aromatic N) is 1. The van der Waals surface area contributed by atoms with E-state index in [2.05, 4.69) is 4.57 Å². The Morgan fingerprint density at radius 1 is 0.957 bits per heavy atom. The predicted octanol–water partition coefficient (Wildman–Crippen LogP) is 4.45. The second kappa shape index (κ2) is 7.20. The summed E-state index contributed by atoms with van der Waals surface area (Å²) in [5.41, 5.74) is 1.93. The van der Waals surface area contributed by atoms with E-state index in [0.29, 0.717) is 0 Å². The van der Waals surface area contributed by atoms with Crippen molar-refractivity contribution in [3.8, 4) is 0 Å². The number of carboxylic acid groups (broad SMARTS) is 1. The van der Waals surface area contributed by atoms with Gasteiger partial charge in [-0.05, 0) is 29.3 Å². The van der Waals surface area contributed by atoms with Crippen LogP contribution in [0.2, 0.25) is 0 Å². The lowest BCUT2D eigenvalue weighted by atomic mass is 10.1. The molecular weight excluding hydrogens is 306 g/mol. The van der Waals surface area contributed by atoms with Crippen molar-refractivity contribution in [2.24, 2.45) is 0 Å². The van der Waals surface area contributed by atoms with E-state index < -0.39 is 11.2 Å². The number of hydrogen-bond acceptors (Lipinski definition) is 2. The van der Waals surface area contributed by atoms with E-state index in [-0.39, 0.29) is 0 Å². The molecule has 1 aromatic heterocycles. The number of benzene rings is 2. The molecule has 1 atom stereocenters. The molecule has 0 amide bonds. The molecule has 116 valence electrons. The molecule has 0 aliphatic carbocycles. The molecule has 4 heteroatoms. The minimum atomic E-state index is -0.822. The molecule has 1 heterocycles. The summed E-state index contributed by atoms with van der Waals surface area (Å²) in [7, 11) is 0. The molecule has 0 saturated heterocycles. The highest BCUT2D eigenvalue weighted by molar-refractivity contribution is 8.00. The molecule has 0 radical (unpaired) electrons. The molecule has 0 aliphatic heterocycles. The standard InChI is InChI=1S/C19H17NO2S/c21-19(22)18(15-8-2-1-3-9-15)23-17-11-5-4-10-16(17)14-20-12-6-7-13-20/h1-13,18H,14H2,(H,21,22). The van der Waals surface area contributed by atoms with Crippen LogP contribution in [0, 0.1) is 0 Å². The third-order valence-electron chi connectivity index (χ3n) is 3.56. The van der Waals surface area contributed by atoms with Crippen molar-refractivity contribution in [2.75, 3.05) is 0 Å². The highest BCUT2D eigenvalue weighted by atomic mass is 32.2. The molecule has 23 heavy (non-hydrogen) atoms. The van der Waals surface area contributed by atoms with Gasteiger partial charge in [-0.3, -0.25) is 4.79 Å². The molecule has 0 aliphatic rings. The van der Waals surface area contributed by atoms with Gasteiger partial charge in [0.25, 0.3) is 0 Å². The summed E-state index contributed by atoms with van der Waals surface area (Å²) >= 11 is 1.39. The molecule has 2 aromatic carbocycles. The second-order valence-electron chi connectivity index (χ2n) is 5.21. The summed E-state index contributed by atoms with van der Waals surface area (Å²) in [6, 6.07) is 21.3. The zero-order chi connectivity index (χ0) is 16.1. The van der Waals surface area contributed by atoms with Gasteiger partial charge in [-0.1, -0.05) is 48.5 Å². The van der Waals surface area contributed by atoms with E-state index in [1.807, 2.05) is 79.1 Å². The first-order valence-corrected chi connectivity index (χ1v) is 8.25. The molecule has 0 saturated carbocycles. The summed E-state index contributed by atoms with van der Waals surface area (Å²) in [5, 5.41) is 9.00. The maximum atomic E-state index is 11.7. The highest BCUT2D eigenvalue weighted by Gasteiger charge is 2.22. The fourth-order valence-electron chi connectivity index (χ4n) is 2.44. The molecular formula is C19H17NO2S. The normalized spacial score (nSPS) is 12.0. The van der Waals surface area contributed by atoms with Crippen molar-refractivity contribution in [1.29, 1.82) is 0 Å². The van der Waals surface area contributed by atoms with Gasteiger partial charge in [0.15, 0.2) is 0 Å². The lowest BCUT2D eigenvalue weighted by Crippen LogP contribution is -2.08. The first kappa shape index (κ1) is 15.4. The maximum absolute atomic E-state index is 11.7. The number of hydrogen-bond donors (Lipinski definition) is 1. The van der Waals surface area contributed by atoms with E-state index in [1.165, 1.54) is 11.8 Å². The van der Waals surface area contributed by atoms with Crippen molar-refractivity contribution in [2.45, 2.75) is 16.7 Å². The topological polar surface area (TPSA) is 42.2 Å². The molecule has 0 fully saturated rings. The molecule has 0 spiro atoms. The van der Waals surface area contributed by atoms with Crippen LogP contribution in [0.25, 0.3) is 0 Å². The van der Waals surface area contributed by atoms with Crippen LogP contribution in [-0.4, -0.2) is 15.6 Å². The zero-order valence-corrected chi connectivity index (χ0v) is 13.3. The summed E-state index contributed by atoms with van der Waals surface area (Å²) in [6.07, 6.45) is 4.01. The number of carboxylic acids is 1. The Bertz CT molecular complexity index is 769. The Labute approximate surface area is 139 Å². The smallest absolute Gasteiger partial charge is 0.321 e. The van der Waals surface area contributed by atoms with Gasteiger partial charge in [-0.15, -0.1) is 11.8 Å². The average molecular weight is 323 g/mol. The number of aliphatic carboxylic acids is 1. The van der Waals surface area contributed by atoms with Gasteiger partial charge >= 0.3 is 5.97 Å². The Morgan fingerprint density at radius 3 is 2.30 bits per heavy atom. The third-order valence-corrected chi connectivity index (χ3v) is 4.92. The molecule has 0 bridgehead atoms. The van der Waals surface area contributed by atoms with Gasteiger partial charge in [0.05, 0.1) is 0 Å². The van der Waals surface area contributed by atoms with Crippen molar-refractivity contribution < 1.29 is 9.90 Å². The van der Waals surface area contributed by atoms with E-state index >= 15 is 0 Å².